The SMILES string of the molecule is CN(C)CCNC(=O)CC1C(=O)NCCN1Cc1c(F)cccc1Cl. The summed E-state index contributed by atoms with van der Waals surface area (Å²) in [5, 5.41) is 5.88. The molecule has 1 aromatic rings. The molecular weight excluding hydrogens is 347 g/mol. The van der Waals surface area contributed by atoms with Gasteiger partial charge in [0.15, 0.2) is 0 Å². The fourth-order valence-electron chi connectivity index (χ4n) is 2.73. The summed E-state index contributed by atoms with van der Waals surface area (Å²) in [4.78, 5) is 28.1. The minimum absolute atomic E-state index is 0.0331. The molecular formula is C17H24ClFN4O2. The van der Waals surface area contributed by atoms with Crippen LogP contribution in [0.4, 0.5) is 4.39 Å². The van der Waals surface area contributed by atoms with Crippen LogP contribution in [0.3, 0.4) is 0 Å². The third-order valence-corrected chi connectivity index (χ3v) is 4.48. The minimum atomic E-state index is -0.635. The first-order valence-electron chi connectivity index (χ1n) is 8.24. The summed E-state index contributed by atoms with van der Waals surface area (Å²) in [7, 11) is 3.83. The van der Waals surface area contributed by atoms with Gasteiger partial charge in [0.25, 0.3) is 0 Å². The Kier molecular flexibility index (Phi) is 7.16. The molecule has 2 amide bonds. The van der Waals surface area contributed by atoms with Crippen molar-refractivity contribution in [3.63, 3.8) is 0 Å². The predicted molar refractivity (Wildman–Crippen MR) is 94.8 cm³/mol. The summed E-state index contributed by atoms with van der Waals surface area (Å²) in [6.07, 6.45) is 0.0331. The first kappa shape index (κ1) is 19.6. The van der Waals surface area contributed by atoms with Gasteiger partial charge in [-0.1, -0.05) is 17.7 Å². The summed E-state index contributed by atoms with van der Waals surface area (Å²) in [5.74, 6) is -0.831. The fourth-order valence-corrected chi connectivity index (χ4v) is 2.95. The molecule has 6 nitrogen and oxygen atoms in total. The molecule has 1 saturated heterocycles. The van der Waals surface area contributed by atoms with E-state index in [1.54, 1.807) is 17.0 Å². The Morgan fingerprint density at radius 3 is 2.92 bits per heavy atom. The van der Waals surface area contributed by atoms with E-state index in [0.717, 1.165) is 6.54 Å². The molecule has 1 aliphatic rings. The van der Waals surface area contributed by atoms with Crippen LogP contribution >= 0.6 is 11.6 Å². The monoisotopic (exact) mass is 370 g/mol. The first-order valence-corrected chi connectivity index (χ1v) is 8.62. The highest BCUT2D eigenvalue weighted by Gasteiger charge is 2.32. The van der Waals surface area contributed by atoms with Crippen molar-refractivity contribution >= 4 is 23.4 Å². The van der Waals surface area contributed by atoms with Crippen molar-refractivity contribution in [2.45, 2.75) is 19.0 Å². The number of nitrogens with one attached hydrogen (secondary N) is 2. The number of halogens is 2. The molecule has 0 aliphatic carbocycles. The van der Waals surface area contributed by atoms with Gasteiger partial charge in [0.1, 0.15) is 5.82 Å². The number of amides is 2. The standard InChI is InChI=1S/C17H24ClFN4O2/c1-22(2)8-6-20-16(24)10-15-17(25)21-7-9-23(15)11-12-13(18)4-3-5-14(12)19/h3-5,15H,6-11H2,1-2H3,(H,20,24)(H,21,25). The molecule has 0 radical (unpaired) electrons. The molecule has 0 bridgehead atoms. The van der Waals surface area contributed by atoms with Gasteiger partial charge in [-0.25, -0.2) is 4.39 Å². The summed E-state index contributed by atoms with van der Waals surface area (Å²) < 4.78 is 14.0. The third-order valence-electron chi connectivity index (χ3n) is 4.12. The lowest BCUT2D eigenvalue weighted by Gasteiger charge is -2.35. The van der Waals surface area contributed by atoms with Crippen LogP contribution in [0.5, 0.6) is 0 Å². The molecule has 1 unspecified atom stereocenters. The van der Waals surface area contributed by atoms with E-state index in [4.69, 9.17) is 11.6 Å². The van der Waals surface area contributed by atoms with Crippen molar-refractivity contribution in [1.29, 1.82) is 0 Å². The van der Waals surface area contributed by atoms with Gasteiger partial charge in [-0.15, -0.1) is 0 Å². The van der Waals surface area contributed by atoms with Gasteiger partial charge >= 0.3 is 0 Å². The van der Waals surface area contributed by atoms with Gasteiger partial charge < -0.3 is 15.5 Å². The highest BCUT2D eigenvalue weighted by atomic mass is 35.5. The van der Waals surface area contributed by atoms with E-state index in [0.29, 0.717) is 30.2 Å². The Balaban J connectivity index is 2.03. The second-order valence-corrected chi connectivity index (χ2v) is 6.74. The highest BCUT2D eigenvalue weighted by Crippen LogP contribution is 2.23. The van der Waals surface area contributed by atoms with Crippen LogP contribution in [0.1, 0.15) is 12.0 Å². The van der Waals surface area contributed by atoms with E-state index in [9.17, 15) is 14.0 Å². The highest BCUT2D eigenvalue weighted by molar-refractivity contribution is 6.31. The number of hydrogen-bond acceptors (Lipinski definition) is 4. The smallest absolute Gasteiger partial charge is 0.237 e. The van der Waals surface area contributed by atoms with Crippen LogP contribution in [0.15, 0.2) is 18.2 Å². The van der Waals surface area contributed by atoms with Gasteiger partial charge in [0, 0.05) is 43.3 Å². The molecule has 1 heterocycles. The number of benzene rings is 1. The number of hydrogen-bond donors (Lipinski definition) is 2. The van der Waals surface area contributed by atoms with E-state index in [-0.39, 0.29) is 24.8 Å². The van der Waals surface area contributed by atoms with Crippen molar-refractivity contribution in [2.24, 2.45) is 0 Å². The number of rotatable bonds is 7. The van der Waals surface area contributed by atoms with Crippen LogP contribution in [0.2, 0.25) is 5.02 Å². The minimum Gasteiger partial charge on any atom is -0.355 e. The van der Waals surface area contributed by atoms with Gasteiger partial charge in [-0.2, -0.15) is 0 Å². The number of carbonyl (C=O) groups is 2. The zero-order chi connectivity index (χ0) is 18.4. The average molecular weight is 371 g/mol. The molecule has 138 valence electrons. The first-order chi connectivity index (χ1) is 11.9. The topological polar surface area (TPSA) is 64.7 Å². The lowest BCUT2D eigenvalue weighted by molar-refractivity contribution is -0.134. The van der Waals surface area contributed by atoms with Crippen LogP contribution in [0.25, 0.3) is 0 Å². The van der Waals surface area contributed by atoms with E-state index in [1.165, 1.54) is 6.07 Å². The van der Waals surface area contributed by atoms with E-state index >= 15 is 0 Å². The molecule has 25 heavy (non-hydrogen) atoms. The predicted octanol–water partition coefficient (Wildman–Crippen LogP) is 0.847. The molecule has 0 spiro atoms. The fraction of sp³-hybridized carbons (Fsp3) is 0.529. The van der Waals surface area contributed by atoms with Crippen molar-refractivity contribution < 1.29 is 14.0 Å². The average Bonchev–Trinajstić information content (AvgIpc) is 2.53. The van der Waals surface area contributed by atoms with Crippen LogP contribution in [-0.2, 0) is 16.1 Å². The number of piperazine rings is 1. The van der Waals surface area contributed by atoms with Crippen LogP contribution < -0.4 is 10.6 Å². The van der Waals surface area contributed by atoms with Crippen molar-refractivity contribution in [3.05, 3.63) is 34.6 Å². The normalized spacial score (nSPS) is 18.3. The number of likely N-dealkylation sites (N-methyl/N-ethyl adjacent to an activating group) is 1. The molecule has 1 aliphatic heterocycles. The summed E-state index contributed by atoms with van der Waals surface area (Å²) in [6, 6.07) is 3.87. The lowest BCUT2D eigenvalue weighted by atomic mass is 10.1. The van der Waals surface area contributed by atoms with Gasteiger partial charge in [-0.3, -0.25) is 14.5 Å². The molecule has 1 fully saturated rings. The second kappa shape index (κ2) is 9.12. The Morgan fingerprint density at radius 2 is 2.24 bits per heavy atom. The van der Waals surface area contributed by atoms with Crippen LogP contribution in [0, 0.1) is 5.82 Å². The molecule has 1 atom stereocenters. The number of nitrogens with zero attached hydrogens (tertiary/aromatic N) is 2. The Hall–Kier alpha value is -1.70. The molecule has 2 rings (SSSR count). The third kappa shape index (κ3) is 5.66. The van der Waals surface area contributed by atoms with Crippen LogP contribution in [-0.4, -0.2) is 67.9 Å². The molecule has 8 heteroatoms. The van der Waals surface area contributed by atoms with Gasteiger partial charge in [-0.05, 0) is 26.2 Å². The van der Waals surface area contributed by atoms with Gasteiger partial charge in [0.2, 0.25) is 11.8 Å². The zero-order valence-corrected chi connectivity index (χ0v) is 15.3. The second-order valence-electron chi connectivity index (χ2n) is 6.33. The maximum absolute atomic E-state index is 14.0. The molecule has 2 N–H and O–H groups in total. The maximum atomic E-state index is 14.0. The molecule has 0 aromatic heterocycles. The summed E-state index contributed by atoms with van der Waals surface area (Å²) in [5.41, 5.74) is 0.344. The van der Waals surface area contributed by atoms with Gasteiger partial charge in [0.05, 0.1) is 12.5 Å². The number of carbonyl (C=O) groups excluding carboxylic acids is 2. The summed E-state index contributed by atoms with van der Waals surface area (Å²) >= 11 is 6.09. The molecule has 1 aromatic carbocycles. The van der Waals surface area contributed by atoms with Crippen molar-refractivity contribution in [2.75, 3.05) is 40.3 Å². The Labute approximate surface area is 152 Å². The van der Waals surface area contributed by atoms with Crippen molar-refractivity contribution in [3.8, 4) is 0 Å². The van der Waals surface area contributed by atoms with Crippen molar-refractivity contribution in [1.82, 2.24) is 20.4 Å². The largest absolute Gasteiger partial charge is 0.355 e. The lowest BCUT2D eigenvalue weighted by Crippen LogP contribution is -2.56. The van der Waals surface area contributed by atoms with E-state index in [2.05, 4.69) is 10.6 Å². The zero-order valence-electron chi connectivity index (χ0n) is 14.5. The maximum Gasteiger partial charge on any atom is 0.237 e. The van der Waals surface area contributed by atoms with E-state index in [1.807, 2.05) is 19.0 Å². The Morgan fingerprint density at radius 1 is 1.48 bits per heavy atom. The Bertz CT molecular complexity index is 606. The summed E-state index contributed by atoms with van der Waals surface area (Å²) in [6.45, 7) is 2.42. The molecule has 0 saturated carbocycles. The van der Waals surface area contributed by atoms with E-state index < -0.39 is 11.9 Å². The quantitative estimate of drug-likeness (QED) is 0.747.